The molecule has 1 aromatic heterocycles. The summed E-state index contributed by atoms with van der Waals surface area (Å²) in [7, 11) is 0. The fourth-order valence-corrected chi connectivity index (χ4v) is 1.32. The molecule has 3 heteroatoms. The van der Waals surface area contributed by atoms with Crippen molar-refractivity contribution in [3.05, 3.63) is 40.6 Å². The molecule has 0 aliphatic rings. The molecule has 0 saturated carbocycles. The van der Waals surface area contributed by atoms with Crippen LogP contribution in [0.4, 0.5) is 0 Å². The van der Waals surface area contributed by atoms with Gasteiger partial charge in [0.2, 0.25) is 0 Å². The SMILES string of the molecule is C=C(C)C[C@@H](N)c1ccc(Br)cn1. The Kier molecular flexibility index (Phi) is 3.63. The predicted octanol–water partition coefficient (Wildman–Crippen LogP) is 2.81. The van der Waals surface area contributed by atoms with E-state index in [0.717, 1.165) is 22.2 Å². The van der Waals surface area contributed by atoms with Crippen molar-refractivity contribution >= 4 is 15.9 Å². The second-order valence-electron chi connectivity index (χ2n) is 3.17. The zero-order chi connectivity index (χ0) is 9.84. The topological polar surface area (TPSA) is 38.9 Å². The van der Waals surface area contributed by atoms with Gasteiger partial charge in [-0.1, -0.05) is 5.57 Å². The number of nitrogens with two attached hydrogens (primary N) is 1. The molecule has 2 nitrogen and oxygen atoms in total. The van der Waals surface area contributed by atoms with Crippen LogP contribution in [0.15, 0.2) is 35.0 Å². The maximum Gasteiger partial charge on any atom is 0.0575 e. The second-order valence-corrected chi connectivity index (χ2v) is 4.08. The lowest BCUT2D eigenvalue weighted by molar-refractivity contribution is 0.692. The summed E-state index contributed by atoms with van der Waals surface area (Å²) in [5, 5.41) is 0. The summed E-state index contributed by atoms with van der Waals surface area (Å²) in [5.41, 5.74) is 7.90. The van der Waals surface area contributed by atoms with Crippen LogP contribution in [0, 0.1) is 0 Å². The Morgan fingerprint density at radius 1 is 1.69 bits per heavy atom. The van der Waals surface area contributed by atoms with Gasteiger partial charge in [0.25, 0.3) is 0 Å². The van der Waals surface area contributed by atoms with Crippen molar-refractivity contribution in [2.45, 2.75) is 19.4 Å². The third-order valence-electron chi connectivity index (χ3n) is 1.70. The van der Waals surface area contributed by atoms with E-state index in [9.17, 15) is 0 Å². The molecular weight excluding hydrogens is 228 g/mol. The molecule has 0 aliphatic heterocycles. The molecule has 2 N–H and O–H groups in total. The Labute approximate surface area is 87.0 Å². The molecule has 0 radical (unpaired) electrons. The highest BCUT2D eigenvalue weighted by atomic mass is 79.9. The van der Waals surface area contributed by atoms with E-state index >= 15 is 0 Å². The fraction of sp³-hybridized carbons (Fsp3) is 0.300. The molecule has 1 heterocycles. The number of pyridine rings is 1. The lowest BCUT2D eigenvalue weighted by atomic mass is 10.1. The highest BCUT2D eigenvalue weighted by Gasteiger charge is 2.06. The smallest absolute Gasteiger partial charge is 0.0575 e. The van der Waals surface area contributed by atoms with Gasteiger partial charge in [0, 0.05) is 10.7 Å². The number of hydrogen-bond acceptors (Lipinski definition) is 2. The van der Waals surface area contributed by atoms with E-state index in [1.807, 2.05) is 19.1 Å². The number of nitrogens with zero attached hydrogens (tertiary/aromatic N) is 1. The van der Waals surface area contributed by atoms with Crippen LogP contribution < -0.4 is 5.73 Å². The van der Waals surface area contributed by atoms with Crippen LogP contribution >= 0.6 is 15.9 Å². The van der Waals surface area contributed by atoms with Gasteiger partial charge in [0.15, 0.2) is 0 Å². The summed E-state index contributed by atoms with van der Waals surface area (Å²) >= 11 is 3.32. The molecule has 1 rings (SSSR count). The maximum atomic E-state index is 5.91. The minimum atomic E-state index is -0.0365. The van der Waals surface area contributed by atoms with Crippen molar-refractivity contribution in [3.8, 4) is 0 Å². The van der Waals surface area contributed by atoms with E-state index in [0.29, 0.717) is 0 Å². The summed E-state index contributed by atoms with van der Waals surface area (Å²) in [6, 6.07) is 3.84. The number of aromatic nitrogens is 1. The minimum Gasteiger partial charge on any atom is -0.322 e. The van der Waals surface area contributed by atoms with Crippen LogP contribution in [0.25, 0.3) is 0 Å². The van der Waals surface area contributed by atoms with Crippen LogP contribution in [0.5, 0.6) is 0 Å². The highest BCUT2D eigenvalue weighted by Crippen LogP contribution is 2.17. The molecule has 0 aromatic carbocycles. The molecule has 1 aromatic rings. The maximum absolute atomic E-state index is 5.91. The van der Waals surface area contributed by atoms with Crippen molar-refractivity contribution in [1.82, 2.24) is 4.98 Å². The van der Waals surface area contributed by atoms with Crippen molar-refractivity contribution in [1.29, 1.82) is 0 Å². The van der Waals surface area contributed by atoms with Gasteiger partial charge in [-0.3, -0.25) is 4.98 Å². The van der Waals surface area contributed by atoms with Gasteiger partial charge in [-0.25, -0.2) is 0 Å². The first-order chi connectivity index (χ1) is 6.09. The zero-order valence-electron chi connectivity index (χ0n) is 7.63. The van der Waals surface area contributed by atoms with E-state index in [4.69, 9.17) is 5.73 Å². The molecule has 1 atom stereocenters. The Hall–Kier alpha value is -0.670. The summed E-state index contributed by atoms with van der Waals surface area (Å²) in [6.45, 7) is 5.79. The molecule has 0 saturated heterocycles. The quantitative estimate of drug-likeness (QED) is 0.826. The molecule has 0 bridgehead atoms. The minimum absolute atomic E-state index is 0.0365. The van der Waals surface area contributed by atoms with Crippen LogP contribution in [0.1, 0.15) is 25.1 Å². The lowest BCUT2D eigenvalue weighted by Gasteiger charge is -2.10. The van der Waals surface area contributed by atoms with Gasteiger partial charge in [-0.15, -0.1) is 6.58 Å². The van der Waals surface area contributed by atoms with Crippen molar-refractivity contribution in [2.75, 3.05) is 0 Å². The van der Waals surface area contributed by atoms with E-state index < -0.39 is 0 Å². The van der Waals surface area contributed by atoms with Gasteiger partial charge in [0.05, 0.1) is 11.7 Å². The Bertz CT molecular complexity index is 292. The Balaban J connectivity index is 2.71. The van der Waals surface area contributed by atoms with Crippen LogP contribution in [-0.4, -0.2) is 4.98 Å². The fourth-order valence-electron chi connectivity index (χ4n) is 1.09. The van der Waals surface area contributed by atoms with E-state index in [2.05, 4.69) is 27.5 Å². The second kappa shape index (κ2) is 4.53. The first kappa shape index (κ1) is 10.4. The van der Waals surface area contributed by atoms with Crippen molar-refractivity contribution in [3.63, 3.8) is 0 Å². The van der Waals surface area contributed by atoms with Gasteiger partial charge in [-0.05, 0) is 41.4 Å². The standard InChI is InChI=1S/C10H13BrN2/c1-7(2)5-9(12)10-4-3-8(11)6-13-10/h3-4,6,9H,1,5,12H2,2H3/t9-/m1/s1. The molecule has 0 aliphatic carbocycles. The predicted molar refractivity (Wildman–Crippen MR) is 58.3 cm³/mol. The van der Waals surface area contributed by atoms with Gasteiger partial charge < -0.3 is 5.73 Å². The van der Waals surface area contributed by atoms with Crippen molar-refractivity contribution < 1.29 is 0 Å². The van der Waals surface area contributed by atoms with E-state index in [-0.39, 0.29) is 6.04 Å². The summed E-state index contributed by atoms with van der Waals surface area (Å²) in [6.07, 6.45) is 2.54. The third-order valence-corrected chi connectivity index (χ3v) is 2.17. The summed E-state index contributed by atoms with van der Waals surface area (Å²) in [5.74, 6) is 0. The zero-order valence-corrected chi connectivity index (χ0v) is 9.21. The monoisotopic (exact) mass is 240 g/mol. The first-order valence-electron chi connectivity index (χ1n) is 4.11. The lowest BCUT2D eigenvalue weighted by Crippen LogP contribution is -2.11. The largest absolute Gasteiger partial charge is 0.322 e. The Morgan fingerprint density at radius 3 is 2.85 bits per heavy atom. The molecule has 0 unspecified atom stereocenters. The molecular formula is C10H13BrN2. The van der Waals surface area contributed by atoms with Crippen LogP contribution in [-0.2, 0) is 0 Å². The third kappa shape index (κ3) is 3.28. The average Bonchev–Trinajstić information content (AvgIpc) is 2.04. The molecule has 0 fully saturated rings. The Morgan fingerprint density at radius 2 is 2.38 bits per heavy atom. The number of rotatable bonds is 3. The van der Waals surface area contributed by atoms with Crippen LogP contribution in [0.3, 0.4) is 0 Å². The van der Waals surface area contributed by atoms with Crippen molar-refractivity contribution in [2.24, 2.45) is 5.73 Å². The van der Waals surface area contributed by atoms with E-state index in [1.54, 1.807) is 6.20 Å². The van der Waals surface area contributed by atoms with Gasteiger partial charge >= 0.3 is 0 Å². The van der Waals surface area contributed by atoms with Gasteiger partial charge in [-0.2, -0.15) is 0 Å². The average molecular weight is 241 g/mol. The van der Waals surface area contributed by atoms with Crippen LogP contribution in [0.2, 0.25) is 0 Å². The first-order valence-corrected chi connectivity index (χ1v) is 4.90. The number of halogens is 1. The summed E-state index contributed by atoms with van der Waals surface area (Å²) in [4.78, 5) is 4.22. The molecule has 0 amide bonds. The molecule has 0 spiro atoms. The number of hydrogen-bond donors (Lipinski definition) is 1. The highest BCUT2D eigenvalue weighted by molar-refractivity contribution is 9.10. The van der Waals surface area contributed by atoms with E-state index in [1.165, 1.54) is 0 Å². The van der Waals surface area contributed by atoms with Gasteiger partial charge in [0.1, 0.15) is 0 Å². The summed E-state index contributed by atoms with van der Waals surface area (Å²) < 4.78 is 0.971. The molecule has 70 valence electrons. The normalized spacial score (nSPS) is 12.5. The molecule has 13 heavy (non-hydrogen) atoms.